The Morgan fingerprint density at radius 1 is 0.964 bits per heavy atom. The van der Waals surface area contributed by atoms with Gasteiger partial charge in [-0.1, -0.05) is 24.3 Å². The fourth-order valence-electron chi connectivity index (χ4n) is 3.23. The lowest BCUT2D eigenvalue weighted by molar-refractivity contribution is 0.102. The Morgan fingerprint density at radius 3 is 2.71 bits per heavy atom. The van der Waals surface area contributed by atoms with Gasteiger partial charge in [0.05, 0.1) is 7.11 Å². The Balaban J connectivity index is 1.65. The predicted molar refractivity (Wildman–Crippen MR) is 113 cm³/mol. The second-order valence-electron chi connectivity index (χ2n) is 6.65. The summed E-state index contributed by atoms with van der Waals surface area (Å²) in [5, 5.41) is 5.22. The van der Waals surface area contributed by atoms with Crippen LogP contribution in [0.2, 0.25) is 0 Å². The topological polar surface area (TPSA) is 51.2 Å². The molecule has 0 aliphatic heterocycles. The van der Waals surface area contributed by atoms with E-state index < -0.39 is 0 Å². The van der Waals surface area contributed by atoms with E-state index in [9.17, 15) is 4.79 Å². The number of fused-ring (bicyclic) bond motifs is 1. The van der Waals surface area contributed by atoms with Crippen LogP contribution in [0.5, 0.6) is 5.75 Å². The molecule has 0 unspecified atom stereocenters. The molecule has 1 amide bonds. The summed E-state index contributed by atoms with van der Waals surface area (Å²) in [5.74, 6) is 0.485. The molecule has 4 rings (SSSR count). The maximum absolute atomic E-state index is 12.6. The number of aromatic nitrogens is 1. The summed E-state index contributed by atoms with van der Waals surface area (Å²) in [4.78, 5) is 16.8. The molecule has 4 nitrogen and oxygen atoms in total. The van der Waals surface area contributed by atoms with Crippen molar-refractivity contribution in [2.45, 2.75) is 6.92 Å². The molecule has 138 valence electrons. The van der Waals surface area contributed by atoms with Gasteiger partial charge in [-0.2, -0.15) is 0 Å². The van der Waals surface area contributed by atoms with Gasteiger partial charge in [-0.3, -0.25) is 9.78 Å². The van der Waals surface area contributed by atoms with E-state index >= 15 is 0 Å². The summed E-state index contributed by atoms with van der Waals surface area (Å²) < 4.78 is 5.20. The number of pyridine rings is 1. The van der Waals surface area contributed by atoms with Gasteiger partial charge in [-0.15, -0.1) is 0 Å². The van der Waals surface area contributed by atoms with Crippen LogP contribution in [-0.2, 0) is 0 Å². The number of ether oxygens (including phenoxy) is 1. The average molecular weight is 368 g/mol. The van der Waals surface area contributed by atoms with Crippen molar-refractivity contribution in [1.29, 1.82) is 0 Å². The first-order chi connectivity index (χ1) is 13.6. The first kappa shape index (κ1) is 17.7. The summed E-state index contributed by atoms with van der Waals surface area (Å²) in [5.41, 5.74) is 4.62. The highest BCUT2D eigenvalue weighted by Crippen LogP contribution is 2.29. The van der Waals surface area contributed by atoms with Gasteiger partial charge in [0.25, 0.3) is 5.91 Å². The molecular weight excluding hydrogens is 348 g/mol. The van der Waals surface area contributed by atoms with Crippen molar-refractivity contribution < 1.29 is 9.53 Å². The molecule has 4 heteroatoms. The molecule has 0 aliphatic rings. The third kappa shape index (κ3) is 3.58. The summed E-state index contributed by atoms with van der Waals surface area (Å²) >= 11 is 0. The summed E-state index contributed by atoms with van der Waals surface area (Å²) in [6.07, 6.45) is 3.66. The van der Waals surface area contributed by atoms with Gasteiger partial charge in [0.1, 0.15) is 5.75 Å². The SMILES string of the molecule is COc1cccc(C(=O)Nc2ccc(C)c(-c3ccc4ccncc4c3)c2)c1. The van der Waals surface area contributed by atoms with E-state index in [2.05, 4.69) is 35.4 Å². The fraction of sp³-hybridized carbons (Fsp3) is 0.0833. The van der Waals surface area contributed by atoms with Gasteiger partial charge in [0.2, 0.25) is 0 Å². The van der Waals surface area contributed by atoms with Crippen LogP contribution in [0, 0.1) is 6.92 Å². The van der Waals surface area contributed by atoms with Crippen molar-refractivity contribution in [3.63, 3.8) is 0 Å². The highest BCUT2D eigenvalue weighted by molar-refractivity contribution is 6.05. The maximum atomic E-state index is 12.6. The highest BCUT2D eigenvalue weighted by atomic mass is 16.5. The molecule has 0 bridgehead atoms. The van der Waals surface area contributed by atoms with E-state index in [1.165, 1.54) is 0 Å². The molecule has 1 aromatic heterocycles. The van der Waals surface area contributed by atoms with Crippen molar-refractivity contribution in [3.8, 4) is 16.9 Å². The number of anilines is 1. The van der Waals surface area contributed by atoms with Crippen molar-refractivity contribution in [3.05, 3.63) is 90.3 Å². The lowest BCUT2D eigenvalue weighted by Crippen LogP contribution is -2.12. The number of hydrogen-bond acceptors (Lipinski definition) is 3. The van der Waals surface area contributed by atoms with Gasteiger partial charge in [-0.25, -0.2) is 0 Å². The van der Waals surface area contributed by atoms with Gasteiger partial charge in [0, 0.05) is 29.0 Å². The average Bonchev–Trinajstić information content (AvgIpc) is 2.74. The molecule has 0 aliphatic carbocycles. The summed E-state index contributed by atoms with van der Waals surface area (Å²) in [6.45, 7) is 2.07. The van der Waals surface area contributed by atoms with Crippen LogP contribution in [0.25, 0.3) is 21.9 Å². The number of nitrogens with one attached hydrogen (secondary N) is 1. The van der Waals surface area contributed by atoms with Crippen LogP contribution in [0.15, 0.2) is 79.1 Å². The van der Waals surface area contributed by atoms with E-state index in [0.717, 1.165) is 33.2 Å². The summed E-state index contributed by atoms with van der Waals surface area (Å²) in [7, 11) is 1.59. The Kier molecular flexibility index (Phi) is 4.77. The van der Waals surface area contributed by atoms with Gasteiger partial charge in [0.15, 0.2) is 0 Å². The minimum atomic E-state index is -0.170. The zero-order valence-corrected chi connectivity index (χ0v) is 15.8. The maximum Gasteiger partial charge on any atom is 0.255 e. The minimum Gasteiger partial charge on any atom is -0.497 e. The monoisotopic (exact) mass is 368 g/mol. The van der Waals surface area contributed by atoms with Crippen LogP contribution in [0.1, 0.15) is 15.9 Å². The molecule has 4 aromatic rings. The molecule has 0 spiro atoms. The van der Waals surface area contributed by atoms with Crippen LogP contribution >= 0.6 is 0 Å². The zero-order chi connectivity index (χ0) is 19.5. The molecular formula is C24H20N2O2. The number of aryl methyl sites for hydroxylation is 1. The molecule has 0 fully saturated rings. The van der Waals surface area contributed by atoms with E-state index in [0.29, 0.717) is 11.3 Å². The molecule has 1 heterocycles. The lowest BCUT2D eigenvalue weighted by Gasteiger charge is -2.12. The largest absolute Gasteiger partial charge is 0.497 e. The first-order valence-corrected chi connectivity index (χ1v) is 9.04. The Morgan fingerprint density at radius 2 is 1.86 bits per heavy atom. The minimum absolute atomic E-state index is 0.170. The van der Waals surface area contributed by atoms with E-state index in [-0.39, 0.29) is 5.91 Å². The second-order valence-corrected chi connectivity index (χ2v) is 6.65. The first-order valence-electron chi connectivity index (χ1n) is 9.04. The molecule has 0 atom stereocenters. The molecule has 1 N–H and O–H groups in total. The Hall–Kier alpha value is -3.66. The molecule has 0 saturated carbocycles. The smallest absolute Gasteiger partial charge is 0.255 e. The predicted octanol–water partition coefficient (Wildman–Crippen LogP) is 5.47. The number of methoxy groups -OCH3 is 1. The second kappa shape index (κ2) is 7.53. The van der Waals surface area contributed by atoms with Gasteiger partial charge >= 0.3 is 0 Å². The highest BCUT2D eigenvalue weighted by Gasteiger charge is 2.10. The number of nitrogens with zero attached hydrogens (tertiary/aromatic N) is 1. The number of carbonyl (C=O) groups is 1. The third-order valence-electron chi connectivity index (χ3n) is 4.78. The van der Waals surface area contributed by atoms with Crippen LogP contribution in [0.4, 0.5) is 5.69 Å². The number of rotatable bonds is 4. The molecule has 3 aromatic carbocycles. The van der Waals surface area contributed by atoms with Gasteiger partial charge < -0.3 is 10.1 Å². The van der Waals surface area contributed by atoms with Crippen LogP contribution in [-0.4, -0.2) is 18.0 Å². The Labute approximate surface area is 163 Å². The van der Waals surface area contributed by atoms with Crippen LogP contribution < -0.4 is 10.1 Å². The molecule has 0 radical (unpaired) electrons. The standard InChI is InChI=1S/C24H20N2O2/c1-16-6-9-21(26-24(27)19-4-3-5-22(13-19)28-2)14-23(16)18-8-7-17-10-11-25-15-20(17)12-18/h3-15H,1-2H3,(H,26,27). The van der Waals surface area contributed by atoms with E-state index in [4.69, 9.17) is 4.74 Å². The van der Waals surface area contributed by atoms with E-state index in [1.54, 1.807) is 31.5 Å². The number of benzene rings is 3. The van der Waals surface area contributed by atoms with Crippen molar-refractivity contribution in [2.24, 2.45) is 0 Å². The Bertz CT molecular complexity index is 1170. The lowest BCUT2D eigenvalue weighted by atomic mass is 9.98. The zero-order valence-electron chi connectivity index (χ0n) is 15.8. The number of hydrogen-bond donors (Lipinski definition) is 1. The van der Waals surface area contributed by atoms with Crippen molar-refractivity contribution in [2.75, 3.05) is 12.4 Å². The molecule has 28 heavy (non-hydrogen) atoms. The van der Waals surface area contributed by atoms with Crippen LogP contribution in [0.3, 0.4) is 0 Å². The van der Waals surface area contributed by atoms with Gasteiger partial charge in [-0.05, 0) is 71.5 Å². The summed E-state index contributed by atoms with van der Waals surface area (Å²) in [6, 6.07) is 21.4. The van der Waals surface area contributed by atoms with Crippen molar-refractivity contribution in [1.82, 2.24) is 4.98 Å². The fourth-order valence-corrected chi connectivity index (χ4v) is 3.23. The van der Waals surface area contributed by atoms with E-state index in [1.807, 2.05) is 36.5 Å². The van der Waals surface area contributed by atoms with Crippen molar-refractivity contribution >= 4 is 22.4 Å². The number of amides is 1. The quantitative estimate of drug-likeness (QED) is 0.519. The number of carbonyl (C=O) groups excluding carboxylic acids is 1. The normalized spacial score (nSPS) is 10.6. The molecule has 0 saturated heterocycles. The third-order valence-corrected chi connectivity index (χ3v) is 4.78.